The minimum atomic E-state index is -0.588. The van der Waals surface area contributed by atoms with Crippen LogP contribution in [0.4, 0.5) is 19.7 Å². The zero-order valence-corrected chi connectivity index (χ0v) is 32.0. The molecule has 0 atom stereocenters. The van der Waals surface area contributed by atoms with Crippen LogP contribution in [-0.2, 0) is 33.8 Å². The fourth-order valence-electron chi connectivity index (χ4n) is 6.56. The number of anilines is 1. The van der Waals surface area contributed by atoms with Gasteiger partial charge in [0.05, 0.1) is 18.0 Å². The summed E-state index contributed by atoms with van der Waals surface area (Å²) in [7, 11) is 1.59. The molecule has 0 saturated heterocycles. The lowest BCUT2D eigenvalue weighted by Gasteiger charge is -2.31. The Bertz CT molecular complexity index is 2340. The van der Waals surface area contributed by atoms with Crippen molar-refractivity contribution < 1.29 is 32.9 Å². The predicted molar refractivity (Wildman–Crippen MR) is 214 cm³/mol. The number of hydrogen-bond donors (Lipinski definition) is 1. The van der Waals surface area contributed by atoms with Crippen LogP contribution in [0.25, 0.3) is 43.7 Å². The van der Waals surface area contributed by atoms with Crippen LogP contribution in [0.3, 0.4) is 0 Å². The second kappa shape index (κ2) is 16.3. The number of hydrogen-bond acceptors (Lipinski definition) is 8. The van der Waals surface area contributed by atoms with Gasteiger partial charge >= 0.3 is 12.2 Å². The average Bonchev–Trinajstić information content (AvgIpc) is 3.66. The summed E-state index contributed by atoms with van der Waals surface area (Å²) in [6.45, 7) is 7.29. The van der Waals surface area contributed by atoms with Crippen molar-refractivity contribution in [2.75, 3.05) is 32.2 Å². The summed E-state index contributed by atoms with van der Waals surface area (Å²) in [5.41, 5.74) is 7.53. The molecule has 2 amide bonds. The lowest BCUT2D eigenvalue weighted by atomic mass is 9.92. The van der Waals surface area contributed by atoms with Crippen molar-refractivity contribution in [1.29, 1.82) is 0 Å². The van der Waals surface area contributed by atoms with Crippen molar-refractivity contribution in [3.63, 3.8) is 0 Å². The van der Waals surface area contributed by atoms with Crippen molar-refractivity contribution >= 4 is 39.3 Å². The number of halogens is 1. The van der Waals surface area contributed by atoms with Crippen molar-refractivity contribution in [3.05, 3.63) is 125 Å². The summed E-state index contributed by atoms with van der Waals surface area (Å²) in [6.07, 6.45) is -0.238. The third-order valence-electron chi connectivity index (χ3n) is 9.10. The van der Waals surface area contributed by atoms with Gasteiger partial charge in [-0.3, -0.25) is 5.32 Å². The number of fused-ring (bicyclic) bond motifs is 2. The molecule has 3 heterocycles. The monoisotopic (exact) mass is 759 g/mol. The van der Waals surface area contributed by atoms with Crippen LogP contribution in [-0.4, -0.2) is 54.5 Å². The molecule has 0 unspecified atom stereocenters. The first kappa shape index (κ1) is 37.5. The van der Waals surface area contributed by atoms with E-state index in [4.69, 9.17) is 23.9 Å². The predicted octanol–water partition coefficient (Wildman–Crippen LogP) is 10.5. The number of methoxy groups -OCH3 is 1. The lowest BCUT2D eigenvalue weighted by molar-refractivity contribution is 0.0224. The van der Waals surface area contributed by atoms with Crippen molar-refractivity contribution in [3.8, 4) is 39.4 Å². The zero-order chi connectivity index (χ0) is 38.5. The Balaban J connectivity index is 1.30. The molecule has 9 nitrogen and oxygen atoms in total. The molecule has 0 bridgehead atoms. The summed E-state index contributed by atoms with van der Waals surface area (Å²) >= 11 is 1.56. The number of thiophene rings is 1. The van der Waals surface area contributed by atoms with Crippen LogP contribution < -0.4 is 10.1 Å². The van der Waals surface area contributed by atoms with E-state index in [1.54, 1.807) is 35.5 Å². The van der Waals surface area contributed by atoms with Crippen LogP contribution in [0.1, 0.15) is 37.5 Å². The first-order chi connectivity index (χ1) is 26.6. The minimum absolute atomic E-state index is 0.132. The first-order valence-electron chi connectivity index (χ1n) is 18.1. The van der Waals surface area contributed by atoms with Crippen LogP contribution in [0.2, 0.25) is 0 Å². The van der Waals surface area contributed by atoms with E-state index in [1.807, 2.05) is 80.7 Å². The molecule has 0 saturated carbocycles. The largest absolute Gasteiger partial charge is 0.490 e. The molecule has 1 N–H and O–H groups in total. The van der Waals surface area contributed by atoms with Crippen molar-refractivity contribution in [2.45, 2.75) is 45.9 Å². The molecule has 0 aliphatic carbocycles. The van der Waals surface area contributed by atoms with Crippen LogP contribution in [0.5, 0.6) is 5.75 Å². The van der Waals surface area contributed by atoms with Gasteiger partial charge in [0, 0.05) is 64.3 Å². The average molecular weight is 760 g/mol. The number of benzene rings is 4. The number of nitrogens with zero attached hydrogens (tertiary/aromatic N) is 2. The number of pyridine rings is 1. The highest BCUT2D eigenvalue weighted by molar-refractivity contribution is 7.18. The highest BCUT2D eigenvalue weighted by atomic mass is 32.1. The van der Waals surface area contributed by atoms with E-state index in [0.29, 0.717) is 48.8 Å². The van der Waals surface area contributed by atoms with E-state index in [-0.39, 0.29) is 19.3 Å². The molecule has 55 heavy (non-hydrogen) atoms. The summed E-state index contributed by atoms with van der Waals surface area (Å²) in [6, 6.07) is 29.7. The number of carbonyl (C=O) groups excluding carboxylic acids is 2. The second-order valence-corrected chi connectivity index (χ2v) is 15.1. The van der Waals surface area contributed by atoms with Crippen molar-refractivity contribution in [1.82, 2.24) is 9.88 Å². The molecule has 0 radical (unpaired) electrons. The first-order valence-corrected chi connectivity index (χ1v) is 19.0. The molecule has 1 aliphatic rings. The number of aromatic nitrogens is 1. The highest BCUT2D eigenvalue weighted by Gasteiger charge is 2.27. The molecule has 4 aromatic carbocycles. The number of rotatable bonds is 10. The SMILES string of the molecule is COCCOc1cc(F)ccc1-c1c(-c2cccc(NC(=O)OCc3ccccc3)c2)nc(-c2ccc3c(c2)CCN(C(=O)OC(C)(C)C)C3)c2ccsc12. The maximum Gasteiger partial charge on any atom is 0.411 e. The lowest BCUT2D eigenvalue weighted by Crippen LogP contribution is -2.39. The van der Waals surface area contributed by atoms with Gasteiger partial charge in [-0.25, -0.2) is 19.0 Å². The second-order valence-electron chi connectivity index (χ2n) is 14.2. The van der Waals surface area contributed by atoms with Gasteiger partial charge in [-0.1, -0.05) is 54.6 Å². The van der Waals surface area contributed by atoms with E-state index in [0.717, 1.165) is 49.2 Å². The molecule has 282 valence electrons. The van der Waals surface area contributed by atoms with E-state index in [2.05, 4.69) is 23.5 Å². The van der Waals surface area contributed by atoms with Gasteiger partial charge in [-0.2, -0.15) is 0 Å². The van der Waals surface area contributed by atoms with Gasteiger partial charge in [-0.15, -0.1) is 11.3 Å². The molecule has 0 fully saturated rings. The zero-order valence-electron chi connectivity index (χ0n) is 31.2. The molecule has 6 aromatic rings. The number of nitrogens with one attached hydrogen (secondary N) is 1. The van der Waals surface area contributed by atoms with E-state index >= 15 is 0 Å². The molecule has 2 aromatic heterocycles. The molecule has 11 heteroatoms. The third-order valence-corrected chi connectivity index (χ3v) is 10.0. The Morgan fingerprint density at radius 3 is 2.51 bits per heavy atom. The Labute approximate surface area is 323 Å². The minimum Gasteiger partial charge on any atom is -0.490 e. The fraction of sp³-hybridized carbons (Fsp3) is 0.250. The molecule has 7 rings (SSSR count). The Morgan fingerprint density at radius 1 is 0.891 bits per heavy atom. The Hall–Kier alpha value is -5.78. The fourth-order valence-corrected chi connectivity index (χ4v) is 7.52. The molecular weight excluding hydrogens is 718 g/mol. The summed E-state index contributed by atoms with van der Waals surface area (Å²) in [5.74, 6) is -0.0612. The van der Waals surface area contributed by atoms with Gasteiger partial charge in [0.15, 0.2) is 0 Å². The van der Waals surface area contributed by atoms with Crippen LogP contribution >= 0.6 is 11.3 Å². The summed E-state index contributed by atoms with van der Waals surface area (Å²) in [5, 5.41) is 5.81. The standard InChI is InChI=1S/C44H42FN3O6S/c1-44(2,3)54-43(50)48-19-17-29-23-31(13-14-32(29)26-48)39-36-18-22-55-41(36)38(35-16-15-33(45)25-37(35)52-21-20-51-4)40(47-39)30-11-8-12-34(24-30)46-42(49)53-27-28-9-6-5-7-10-28/h5-16,18,22-25H,17,19-21,26-27H2,1-4H3,(H,46,49). The van der Waals surface area contributed by atoms with E-state index < -0.39 is 17.5 Å². The van der Waals surface area contributed by atoms with E-state index in [9.17, 15) is 14.0 Å². The van der Waals surface area contributed by atoms with Crippen LogP contribution in [0.15, 0.2) is 102 Å². The van der Waals surface area contributed by atoms with Gasteiger partial charge in [0.25, 0.3) is 0 Å². The Morgan fingerprint density at radius 2 is 1.71 bits per heavy atom. The molecule has 1 aliphatic heterocycles. The maximum absolute atomic E-state index is 14.8. The molecular formula is C44H42FN3O6S. The normalized spacial score (nSPS) is 12.6. The quantitative estimate of drug-likeness (QED) is 0.139. The summed E-state index contributed by atoms with van der Waals surface area (Å²) < 4.78 is 38.2. The molecule has 0 spiro atoms. The Kier molecular flexibility index (Phi) is 11.1. The van der Waals surface area contributed by atoms with Gasteiger partial charge < -0.3 is 23.8 Å². The summed E-state index contributed by atoms with van der Waals surface area (Å²) in [4.78, 5) is 32.9. The smallest absolute Gasteiger partial charge is 0.411 e. The number of carbonyl (C=O) groups is 2. The van der Waals surface area contributed by atoms with Gasteiger partial charge in [0.2, 0.25) is 0 Å². The number of amides is 2. The van der Waals surface area contributed by atoms with E-state index in [1.165, 1.54) is 12.1 Å². The maximum atomic E-state index is 14.8. The van der Waals surface area contributed by atoms with Crippen LogP contribution in [0, 0.1) is 5.82 Å². The number of ether oxygens (including phenoxy) is 4. The third kappa shape index (κ3) is 8.80. The van der Waals surface area contributed by atoms with Gasteiger partial charge in [-0.05, 0) is 85.7 Å². The van der Waals surface area contributed by atoms with Gasteiger partial charge in [0.1, 0.15) is 30.4 Å². The highest BCUT2D eigenvalue weighted by Crippen LogP contribution is 2.46. The topological polar surface area (TPSA) is 99.2 Å². The van der Waals surface area contributed by atoms with Crippen molar-refractivity contribution in [2.24, 2.45) is 0 Å².